The first kappa shape index (κ1) is 17.9. The summed E-state index contributed by atoms with van der Waals surface area (Å²) < 4.78 is 13.7. The van der Waals surface area contributed by atoms with Gasteiger partial charge in [-0.25, -0.2) is 4.39 Å². The Labute approximate surface area is 133 Å². The van der Waals surface area contributed by atoms with Crippen molar-refractivity contribution in [2.75, 3.05) is 11.9 Å². The summed E-state index contributed by atoms with van der Waals surface area (Å²) in [7, 11) is 0. The molecular formula is C17H27FN2S. The van der Waals surface area contributed by atoms with E-state index in [4.69, 9.17) is 18.0 Å². The van der Waals surface area contributed by atoms with Crippen LogP contribution in [0.1, 0.15) is 63.9 Å². The molecule has 0 saturated carbocycles. The number of nitrogens with two attached hydrogens (primary N) is 1. The molecule has 0 aliphatic carbocycles. The quantitative estimate of drug-likeness (QED) is 0.445. The molecular weight excluding hydrogens is 283 g/mol. The summed E-state index contributed by atoms with van der Waals surface area (Å²) >= 11 is 4.78. The van der Waals surface area contributed by atoms with Crippen LogP contribution in [-0.4, -0.2) is 11.5 Å². The SMILES string of the molecule is CCCCCCCCCCNc1ccc(C(N)=S)c(F)c1. The first-order chi connectivity index (χ1) is 10.1. The lowest BCUT2D eigenvalue weighted by molar-refractivity contribution is 0.581. The van der Waals surface area contributed by atoms with Crippen molar-refractivity contribution in [1.29, 1.82) is 0 Å². The summed E-state index contributed by atoms with van der Waals surface area (Å²) in [6.45, 7) is 3.11. The van der Waals surface area contributed by atoms with Gasteiger partial charge in [0.05, 0.1) is 0 Å². The predicted molar refractivity (Wildman–Crippen MR) is 93.4 cm³/mol. The van der Waals surface area contributed by atoms with E-state index in [2.05, 4.69) is 12.2 Å². The number of anilines is 1. The molecule has 1 aromatic rings. The van der Waals surface area contributed by atoms with Gasteiger partial charge >= 0.3 is 0 Å². The lowest BCUT2D eigenvalue weighted by atomic mass is 10.1. The highest BCUT2D eigenvalue weighted by Gasteiger charge is 2.05. The first-order valence-electron chi connectivity index (χ1n) is 7.98. The third-order valence-electron chi connectivity index (χ3n) is 3.59. The Morgan fingerprint density at radius 3 is 2.29 bits per heavy atom. The standard InChI is InChI=1S/C17H27FN2S/c1-2-3-4-5-6-7-8-9-12-20-14-10-11-15(17(19)21)16(18)13-14/h10-11,13,20H,2-9,12H2,1H3,(H2,19,21). The van der Waals surface area contributed by atoms with Gasteiger partial charge in [-0.15, -0.1) is 0 Å². The minimum atomic E-state index is -0.358. The monoisotopic (exact) mass is 310 g/mol. The van der Waals surface area contributed by atoms with Gasteiger partial charge in [-0.2, -0.15) is 0 Å². The molecule has 0 atom stereocenters. The first-order valence-corrected chi connectivity index (χ1v) is 8.39. The zero-order valence-corrected chi connectivity index (χ0v) is 13.8. The zero-order valence-electron chi connectivity index (χ0n) is 13.0. The van der Waals surface area contributed by atoms with Crippen molar-refractivity contribution in [3.05, 3.63) is 29.6 Å². The Hall–Kier alpha value is -1.16. The van der Waals surface area contributed by atoms with Gasteiger partial charge < -0.3 is 11.1 Å². The predicted octanol–water partition coefficient (Wildman–Crippen LogP) is 5.01. The molecule has 0 radical (unpaired) electrons. The number of nitrogens with one attached hydrogen (secondary N) is 1. The maximum absolute atomic E-state index is 13.7. The van der Waals surface area contributed by atoms with Gasteiger partial charge in [0.2, 0.25) is 0 Å². The summed E-state index contributed by atoms with van der Waals surface area (Å²) in [6.07, 6.45) is 10.3. The lowest BCUT2D eigenvalue weighted by Gasteiger charge is -2.08. The van der Waals surface area contributed by atoms with Crippen LogP contribution >= 0.6 is 12.2 Å². The minimum Gasteiger partial charge on any atom is -0.389 e. The van der Waals surface area contributed by atoms with E-state index in [9.17, 15) is 4.39 Å². The summed E-state index contributed by atoms with van der Waals surface area (Å²) in [4.78, 5) is 0.0992. The molecule has 3 N–H and O–H groups in total. The zero-order chi connectivity index (χ0) is 15.5. The van der Waals surface area contributed by atoms with Crippen molar-refractivity contribution in [3.63, 3.8) is 0 Å². The van der Waals surface area contributed by atoms with Gasteiger partial charge in [-0.05, 0) is 24.6 Å². The van der Waals surface area contributed by atoms with Crippen LogP contribution in [0.3, 0.4) is 0 Å². The van der Waals surface area contributed by atoms with Crippen molar-refractivity contribution in [1.82, 2.24) is 0 Å². The van der Waals surface area contributed by atoms with E-state index in [0.29, 0.717) is 5.56 Å². The Balaban J connectivity index is 2.13. The summed E-state index contributed by atoms with van der Waals surface area (Å²) in [5, 5.41) is 3.24. The van der Waals surface area contributed by atoms with Crippen molar-refractivity contribution in [2.45, 2.75) is 58.3 Å². The second kappa shape index (κ2) is 10.6. The van der Waals surface area contributed by atoms with Crippen molar-refractivity contribution in [3.8, 4) is 0 Å². The minimum absolute atomic E-state index is 0.0992. The van der Waals surface area contributed by atoms with Crippen LogP contribution in [0.4, 0.5) is 10.1 Å². The highest BCUT2D eigenvalue weighted by Crippen LogP contribution is 2.15. The normalized spacial score (nSPS) is 10.6. The van der Waals surface area contributed by atoms with Crippen molar-refractivity contribution in [2.24, 2.45) is 5.73 Å². The average Bonchev–Trinajstić information content (AvgIpc) is 2.45. The smallest absolute Gasteiger partial charge is 0.135 e. The lowest BCUT2D eigenvalue weighted by Crippen LogP contribution is -2.12. The molecule has 0 aliphatic heterocycles. The highest BCUT2D eigenvalue weighted by atomic mass is 32.1. The van der Waals surface area contributed by atoms with Crippen LogP contribution in [0, 0.1) is 5.82 Å². The molecule has 4 heteroatoms. The summed E-state index contributed by atoms with van der Waals surface area (Å²) in [5.41, 5.74) is 6.53. The molecule has 1 aromatic carbocycles. The molecule has 0 saturated heterocycles. The van der Waals surface area contributed by atoms with Gasteiger partial charge in [0.1, 0.15) is 10.8 Å². The number of rotatable bonds is 11. The molecule has 118 valence electrons. The third-order valence-corrected chi connectivity index (χ3v) is 3.81. The van der Waals surface area contributed by atoms with Crippen LogP contribution in [0.5, 0.6) is 0 Å². The average molecular weight is 310 g/mol. The molecule has 0 aliphatic rings. The molecule has 2 nitrogen and oxygen atoms in total. The molecule has 0 heterocycles. The van der Waals surface area contributed by atoms with Gasteiger partial charge in [0.15, 0.2) is 0 Å². The Morgan fingerprint density at radius 2 is 1.71 bits per heavy atom. The fourth-order valence-electron chi connectivity index (χ4n) is 2.32. The van der Waals surface area contributed by atoms with Crippen LogP contribution in [-0.2, 0) is 0 Å². The van der Waals surface area contributed by atoms with Crippen molar-refractivity contribution < 1.29 is 4.39 Å². The maximum atomic E-state index is 13.7. The Bertz CT molecular complexity index is 435. The van der Waals surface area contributed by atoms with Crippen LogP contribution in [0.25, 0.3) is 0 Å². The van der Waals surface area contributed by atoms with E-state index in [-0.39, 0.29) is 10.8 Å². The number of unbranched alkanes of at least 4 members (excludes halogenated alkanes) is 7. The van der Waals surface area contributed by atoms with E-state index in [0.717, 1.165) is 18.7 Å². The fraction of sp³-hybridized carbons (Fsp3) is 0.588. The number of thiocarbonyl (C=S) groups is 1. The van der Waals surface area contributed by atoms with E-state index < -0.39 is 0 Å². The van der Waals surface area contributed by atoms with Crippen LogP contribution < -0.4 is 11.1 Å². The number of hydrogen-bond acceptors (Lipinski definition) is 2. The molecule has 0 aromatic heterocycles. The molecule has 0 bridgehead atoms. The number of benzene rings is 1. The fourth-order valence-corrected chi connectivity index (χ4v) is 2.48. The van der Waals surface area contributed by atoms with Gasteiger partial charge in [0.25, 0.3) is 0 Å². The molecule has 0 amide bonds. The molecule has 0 unspecified atom stereocenters. The van der Waals surface area contributed by atoms with E-state index in [1.165, 1.54) is 51.0 Å². The maximum Gasteiger partial charge on any atom is 0.135 e. The molecule has 1 rings (SSSR count). The Morgan fingerprint density at radius 1 is 1.10 bits per heavy atom. The van der Waals surface area contributed by atoms with Crippen molar-refractivity contribution >= 4 is 22.9 Å². The van der Waals surface area contributed by atoms with Gasteiger partial charge in [0, 0.05) is 17.8 Å². The molecule has 21 heavy (non-hydrogen) atoms. The summed E-state index contributed by atoms with van der Waals surface area (Å²) in [5.74, 6) is -0.358. The van der Waals surface area contributed by atoms with E-state index in [1.807, 2.05) is 6.07 Å². The topological polar surface area (TPSA) is 38.0 Å². The summed E-state index contributed by atoms with van der Waals surface area (Å²) in [6, 6.07) is 4.91. The third kappa shape index (κ3) is 7.42. The largest absolute Gasteiger partial charge is 0.389 e. The Kier molecular flexibility index (Phi) is 8.99. The second-order valence-electron chi connectivity index (χ2n) is 5.46. The van der Waals surface area contributed by atoms with Crippen LogP contribution in [0.2, 0.25) is 0 Å². The number of halogens is 1. The molecule has 0 spiro atoms. The van der Waals surface area contributed by atoms with Gasteiger partial charge in [-0.1, -0.05) is 64.1 Å². The highest BCUT2D eigenvalue weighted by molar-refractivity contribution is 7.80. The molecule has 0 fully saturated rings. The van der Waals surface area contributed by atoms with E-state index >= 15 is 0 Å². The van der Waals surface area contributed by atoms with Gasteiger partial charge in [-0.3, -0.25) is 0 Å². The second-order valence-corrected chi connectivity index (χ2v) is 5.90. The number of hydrogen-bond donors (Lipinski definition) is 2. The van der Waals surface area contributed by atoms with E-state index in [1.54, 1.807) is 6.07 Å². The van der Waals surface area contributed by atoms with Crippen LogP contribution in [0.15, 0.2) is 18.2 Å².